The molecule has 7 heteroatoms. The number of anilines is 2. The van der Waals surface area contributed by atoms with Gasteiger partial charge in [-0.3, -0.25) is 0 Å². The lowest BCUT2D eigenvalue weighted by Crippen LogP contribution is -2.54. The zero-order valence-electron chi connectivity index (χ0n) is 15.1. The van der Waals surface area contributed by atoms with Gasteiger partial charge in [-0.05, 0) is 25.0 Å². The fourth-order valence-corrected chi connectivity index (χ4v) is 4.15. The van der Waals surface area contributed by atoms with E-state index in [9.17, 15) is 9.59 Å². The molecule has 2 N–H and O–H groups in total. The molecule has 0 aliphatic carbocycles. The van der Waals surface area contributed by atoms with E-state index in [-0.39, 0.29) is 18.1 Å². The third kappa shape index (κ3) is 3.43. The van der Waals surface area contributed by atoms with Crippen molar-refractivity contribution in [3.05, 3.63) is 24.3 Å². The number of nitrogens with zero attached hydrogens (tertiary/aromatic N) is 3. The summed E-state index contributed by atoms with van der Waals surface area (Å²) >= 11 is 0. The second-order valence-corrected chi connectivity index (χ2v) is 7.33. The number of hydrogen-bond donors (Lipinski definition) is 2. The van der Waals surface area contributed by atoms with Gasteiger partial charge in [-0.1, -0.05) is 25.0 Å². The summed E-state index contributed by atoms with van der Waals surface area (Å²) < 4.78 is 0. The van der Waals surface area contributed by atoms with Crippen molar-refractivity contribution >= 4 is 23.4 Å². The Morgan fingerprint density at radius 1 is 1.04 bits per heavy atom. The molecule has 1 unspecified atom stereocenters. The van der Waals surface area contributed by atoms with Crippen molar-refractivity contribution in [1.82, 2.24) is 15.1 Å². The lowest BCUT2D eigenvalue weighted by Gasteiger charge is -2.36. The number of piperazine rings is 1. The van der Waals surface area contributed by atoms with Crippen LogP contribution in [-0.4, -0.2) is 67.2 Å². The van der Waals surface area contributed by atoms with E-state index in [1.807, 2.05) is 28.0 Å². The molecule has 0 spiro atoms. The van der Waals surface area contributed by atoms with E-state index in [1.165, 1.54) is 25.7 Å². The molecule has 3 aliphatic rings. The van der Waals surface area contributed by atoms with Gasteiger partial charge in [0.1, 0.15) is 0 Å². The third-order valence-electron chi connectivity index (χ3n) is 5.61. The predicted molar refractivity (Wildman–Crippen MR) is 102 cm³/mol. The van der Waals surface area contributed by atoms with Crippen LogP contribution in [0.3, 0.4) is 0 Å². The van der Waals surface area contributed by atoms with E-state index >= 15 is 0 Å². The molecule has 0 radical (unpaired) electrons. The number of amides is 4. The van der Waals surface area contributed by atoms with Gasteiger partial charge in [0, 0.05) is 39.3 Å². The topological polar surface area (TPSA) is 67.9 Å². The Morgan fingerprint density at radius 2 is 1.81 bits per heavy atom. The van der Waals surface area contributed by atoms with Gasteiger partial charge in [0.05, 0.1) is 17.4 Å². The second kappa shape index (κ2) is 7.43. The van der Waals surface area contributed by atoms with Crippen LogP contribution in [0.15, 0.2) is 24.3 Å². The highest BCUT2D eigenvalue weighted by atomic mass is 16.2. The number of nitrogens with one attached hydrogen (secondary N) is 2. The molecule has 26 heavy (non-hydrogen) atoms. The molecular weight excluding hydrogens is 330 g/mol. The molecule has 140 valence electrons. The molecule has 0 saturated carbocycles. The lowest BCUT2D eigenvalue weighted by atomic mass is 10.2. The number of carbonyl (C=O) groups excluding carboxylic acids is 2. The number of fused-ring (bicyclic) bond motifs is 1. The molecule has 7 nitrogen and oxygen atoms in total. The average molecular weight is 357 g/mol. The van der Waals surface area contributed by atoms with Gasteiger partial charge in [-0.2, -0.15) is 0 Å². The van der Waals surface area contributed by atoms with Gasteiger partial charge in [0.25, 0.3) is 0 Å². The lowest BCUT2D eigenvalue weighted by molar-refractivity contribution is 0.136. The number of benzene rings is 1. The highest BCUT2D eigenvalue weighted by molar-refractivity contribution is 5.93. The first kappa shape index (κ1) is 17.0. The summed E-state index contributed by atoms with van der Waals surface area (Å²) in [6.45, 7) is 4.45. The Labute approximate surface area is 154 Å². The molecule has 4 amide bonds. The number of urea groups is 2. The largest absolute Gasteiger partial charge is 0.370 e. The molecule has 0 bridgehead atoms. The third-order valence-corrected chi connectivity index (χ3v) is 5.61. The van der Waals surface area contributed by atoms with E-state index in [0.717, 1.165) is 24.5 Å². The fraction of sp³-hybridized carbons (Fsp3) is 0.579. The van der Waals surface area contributed by atoms with Gasteiger partial charge >= 0.3 is 12.1 Å². The summed E-state index contributed by atoms with van der Waals surface area (Å²) in [5.74, 6) is 0. The second-order valence-electron chi connectivity index (χ2n) is 7.33. The van der Waals surface area contributed by atoms with E-state index in [4.69, 9.17) is 0 Å². The van der Waals surface area contributed by atoms with Gasteiger partial charge in [-0.15, -0.1) is 0 Å². The normalized spacial score (nSPS) is 23.3. The maximum Gasteiger partial charge on any atom is 0.322 e. The molecular formula is C19H27N5O2. The fourth-order valence-electron chi connectivity index (χ4n) is 4.15. The zero-order valence-corrected chi connectivity index (χ0v) is 15.1. The number of hydrogen-bond acceptors (Lipinski definition) is 3. The molecule has 0 aromatic heterocycles. The summed E-state index contributed by atoms with van der Waals surface area (Å²) in [5.41, 5.74) is 1.99. The number of para-hydroxylation sites is 2. The summed E-state index contributed by atoms with van der Waals surface area (Å²) in [6.07, 6.45) is 4.97. The highest BCUT2D eigenvalue weighted by Gasteiger charge is 2.37. The quantitative estimate of drug-likeness (QED) is 0.853. The van der Waals surface area contributed by atoms with E-state index in [0.29, 0.717) is 26.2 Å². The SMILES string of the molecule is O=C(Nc1ccccc1N1CCCCCC1)N1CCN2C(=O)NCC2C1. The first-order chi connectivity index (χ1) is 12.7. The van der Waals surface area contributed by atoms with Crippen molar-refractivity contribution in [2.75, 3.05) is 49.5 Å². The first-order valence-electron chi connectivity index (χ1n) is 9.67. The van der Waals surface area contributed by atoms with E-state index < -0.39 is 0 Å². The van der Waals surface area contributed by atoms with Crippen LogP contribution in [0.2, 0.25) is 0 Å². The maximum absolute atomic E-state index is 12.8. The minimum atomic E-state index is -0.0775. The molecule has 3 heterocycles. The van der Waals surface area contributed by atoms with Crippen LogP contribution in [0, 0.1) is 0 Å². The Kier molecular flexibility index (Phi) is 4.86. The highest BCUT2D eigenvalue weighted by Crippen LogP contribution is 2.28. The number of rotatable bonds is 2. The van der Waals surface area contributed by atoms with Crippen LogP contribution in [0.5, 0.6) is 0 Å². The van der Waals surface area contributed by atoms with Gasteiger partial charge < -0.3 is 25.3 Å². The summed E-state index contributed by atoms with van der Waals surface area (Å²) in [4.78, 5) is 30.6. The Hall–Kier alpha value is -2.44. The van der Waals surface area contributed by atoms with Crippen molar-refractivity contribution in [2.45, 2.75) is 31.7 Å². The van der Waals surface area contributed by atoms with Crippen molar-refractivity contribution in [3.63, 3.8) is 0 Å². The molecule has 1 atom stereocenters. The van der Waals surface area contributed by atoms with Crippen molar-refractivity contribution < 1.29 is 9.59 Å². The van der Waals surface area contributed by atoms with E-state index in [2.05, 4.69) is 21.6 Å². The Balaban J connectivity index is 1.44. The standard InChI is InChI=1S/C19H27N5O2/c25-18-20-13-15-14-23(11-12-24(15)18)19(26)21-16-7-3-4-8-17(16)22-9-5-1-2-6-10-22/h3-4,7-8,15H,1-2,5-6,9-14H2,(H,20,25)(H,21,26). The average Bonchev–Trinajstić information content (AvgIpc) is 2.86. The van der Waals surface area contributed by atoms with Crippen LogP contribution in [0.25, 0.3) is 0 Å². The first-order valence-corrected chi connectivity index (χ1v) is 9.67. The van der Waals surface area contributed by atoms with E-state index in [1.54, 1.807) is 0 Å². The maximum atomic E-state index is 12.8. The smallest absolute Gasteiger partial charge is 0.322 e. The van der Waals surface area contributed by atoms with Crippen LogP contribution in [-0.2, 0) is 0 Å². The predicted octanol–water partition coefficient (Wildman–Crippen LogP) is 2.31. The van der Waals surface area contributed by atoms with Crippen molar-refractivity contribution in [3.8, 4) is 0 Å². The molecule has 3 aliphatic heterocycles. The monoisotopic (exact) mass is 357 g/mol. The van der Waals surface area contributed by atoms with Crippen molar-refractivity contribution in [2.24, 2.45) is 0 Å². The summed E-state index contributed by atoms with van der Waals surface area (Å²) in [5, 5.41) is 5.96. The molecule has 1 aromatic carbocycles. The van der Waals surface area contributed by atoms with Gasteiger partial charge in [0.15, 0.2) is 0 Å². The van der Waals surface area contributed by atoms with Crippen molar-refractivity contribution in [1.29, 1.82) is 0 Å². The summed E-state index contributed by atoms with van der Waals surface area (Å²) in [6, 6.07) is 8.07. The van der Waals surface area contributed by atoms with Crippen LogP contribution < -0.4 is 15.5 Å². The van der Waals surface area contributed by atoms with Gasteiger partial charge in [-0.25, -0.2) is 9.59 Å². The van der Waals surface area contributed by atoms with Crippen LogP contribution in [0.1, 0.15) is 25.7 Å². The summed E-state index contributed by atoms with van der Waals surface area (Å²) in [7, 11) is 0. The Morgan fingerprint density at radius 3 is 2.62 bits per heavy atom. The molecule has 4 rings (SSSR count). The van der Waals surface area contributed by atoms with Gasteiger partial charge in [0.2, 0.25) is 0 Å². The number of carbonyl (C=O) groups is 2. The zero-order chi connectivity index (χ0) is 17.9. The minimum Gasteiger partial charge on any atom is -0.370 e. The minimum absolute atomic E-state index is 0.0124. The molecule has 1 aromatic rings. The van der Waals surface area contributed by atoms with Crippen LogP contribution in [0.4, 0.5) is 21.0 Å². The van der Waals surface area contributed by atoms with Crippen LogP contribution >= 0.6 is 0 Å². The Bertz CT molecular complexity index is 672. The molecule has 3 fully saturated rings. The molecule has 3 saturated heterocycles.